The summed E-state index contributed by atoms with van der Waals surface area (Å²) in [5.74, 6) is 3.12. The number of carbonyl (C=O) groups excluding carboxylic acids is 2. The molecule has 0 aromatic rings. The molecule has 5 rings (SSSR count). The predicted molar refractivity (Wildman–Crippen MR) is 72.3 cm³/mol. The molecule has 4 unspecified atom stereocenters. The standard InChI is InChI=1S/C16H18N2O2/c19-14-5-7-18(15(20)17-14)13-2-1-6-16(13)11-4-3-9(11)10-8-12(10)16/h1-2,6,9-12H,3-5,7-8H2,(H,17,19,20)/t9?,10?,11?,12?,16-/m1/s1. The summed E-state index contributed by atoms with van der Waals surface area (Å²) in [4.78, 5) is 25.4. The highest BCUT2D eigenvalue weighted by atomic mass is 16.2. The molecule has 5 atom stereocenters. The quantitative estimate of drug-likeness (QED) is 0.792. The summed E-state index contributed by atoms with van der Waals surface area (Å²) in [6, 6.07) is -0.226. The van der Waals surface area contributed by atoms with Crippen molar-refractivity contribution >= 4 is 11.9 Å². The number of urea groups is 1. The molecular weight excluding hydrogens is 252 g/mol. The van der Waals surface area contributed by atoms with Crippen LogP contribution in [0.1, 0.15) is 25.7 Å². The van der Waals surface area contributed by atoms with Crippen molar-refractivity contribution in [3.05, 3.63) is 23.9 Å². The SMILES string of the molecule is O=C1CCN(C2=CC=C[C@]23C2CCC2C2CC23)C(=O)N1. The highest BCUT2D eigenvalue weighted by molar-refractivity contribution is 5.97. The van der Waals surface area contributed by atoms with E-state index in [4.69, 9.17) is 0 Å². The van der Waals surface area contributed by atoms with E-state index in [-0.39, 0.29) is 17.4 Å². The van der Waals surface area contributed by atoms with Crippen LogP contribution in [0.25, 0.3) is 0 Å². The van der Waals surface area contributed by atoms with Crippen molar-refractivity contribution in [2.45, 2.75) is 25.7 Å². The van der Waals surface area contributed by atoms with Crippen LogP contribution in [0.2, 0.25) is 0 Å². The van der Waals surface area contributed by atoms with E-state index in [1.165, 1.54) is 25.0 Å². The first kappa shape index (κ1) is 11.1. The van der Waals surface area contributed by atoms with Gasteiger partial charge in [-0.05, 0) is 49.0 Å². The smallest absolute Gasteiger partial charge is 0.296 e. The summed E-state index contributed by atoms with van der Waals surface area (Å²) < 4.78 is 0. The largest absolute Gasteiger partial charge is 0.328 e. The van der Waals surface area contributed by atoms with Crippen molar-refractivity contribution in [2.75, 3.05) is 6.54 Å². The number of nitrogens with zero attached hydrogens (tertiary/aromatic N) is 1. The lowest BCUT2D eigenvalue weighted by Gasteiger charge is -2.47. The van der Waals surface area contributed by atoms with Crippen LogP contribution in [-0.2, 0) is 4.79 Å². The van der Waals surface area contributed by atoms with Crippen LogP contribution in [0.3, 0.4) is 0 Å². The van der Waals surface area contributed by atoms with Gasteiger partial charge in [0.05, 0.1) is 0 Å². The van der Waals surface area contributed by atoms with Crippen LogP contribution >= 0.6 is 0 Å². The molecule has 5 aliphatic rings. The molecule has 4 heteroatoms. The van der Waals surface area contributed by atoms with E-state index in [1.54, 1.807) is 0 Å². The fraction of sp³-hybridized carbons (Fsp3) is 0.625. The Hall–Kier alpha value is -1.58. The fourth-order valence-corrected chi connectivity index (χ4v) is 5.42. The number of nitrogens with one attached hydrogen (secondary N) is 1. The summed E-state index contributed by atoms with van der Waals surface area (Å²) >= 11 is 0. The maximum Gasteiger partial charge on any atom is 0.328 e. The molecule has 4 nitrogen and oxygen atoms in total. The van der Waals surface area contributed by atoms with Crippen LogP contribution in [-0.4, -0.2) is 23.4 Å². The van der Waals surface area contributed by atoms with E-state index in [9.17, 15) is 9.59 Å². The maximum atomic E-state index is 12.2. The molecule has 1 heterocycles. The van der Waals surface area contributed by atoms with E-state index >= 15 is 0 Å². The Bertz CT molecular complexity index is 593. The third-order valence-corrected chi connectivity index (χ3v) is 6.36. The zero-order valence-corrected chi connectivity index (χ0v) is 11.3. The zero-order chi connectivity index (χ0) is 13.5. The first-order valence-corrected chi connectivity index (χ1v) is 7.73. The van der Waals surface area contributed by atoms with Crippen LogP contribution in [0.15, 0.2) is 23.9 Å². The Morgan fingerprint density at radius 3 is 2.80 bits per heavy atom. The minimum absolute atomic E-state index is 0.116. The van der Waals surface area contributed by atoms with Gasteiger partial charge in [0.2, 0.25) is 5.91 Å². The van der Waals surface area contributed by atoms with Gasteiger partial charge < -0.3 is 0 Å². The molecule has 3 saturated carbocycles. The summed E-state index contributed by atoms with van der Waals surface area (Å²) in [5.41, 5.74) is 1.29. The van der Waals surface area contributed by atoms with Crippen LogP contribution in [0.4, 0.5) is 4.79 Å². The van der Waals surface area contributed by atoms with Gasteiger partial charge in [-0.15, -0.1) is 0 Å². The number of rotatable bonds is 1. The molecule has 1 aliphatic heterocycles. The molecule has 0 aromatic carbocycles. The Balaban J connectivity index is 1.52. The second-order valence-corrected chi connectivity index (χ2v) is 6.95. The maximum absolute atomic E-state index is 12.2. The lowest BCUT2D eigenvalue weighted by Crippen LogP contribution is -2.52. The topological polar surface area (TPSA) is 49.4 Å². The van der Waals surface area contributed by atoms with E-state index in [1.807, 2.05) is 4.90 Å². The molecule has 3 amide bonds. The molecule has 1 saturated heterocycles. The van der Waals surface area contributed by atoms with Crippen molar-refractivity contribution in [1.82, 2.24) is 10.2 Å². The number of hydrogen-bond donors (Lipinski definition) is 1. The zero-order valence-electron chi connectivity index (χ0n) is 11.3. The van der Waals surface area contributed by atoms with E-state index in [2.05, 4.69) is 23.5 Å². The first-order chi connectivity index (χ1) is 9.72. The number of allylic oxidation sites excluding steroid dienone is 3. The highest BCUT2D eigenvalue weighted by Gasteiger charge is 2.71. The number of fused-ring (bicyclic) bond motifs is 5. The lowest BCUT2D eigenvalue weighted by molar-refractivity contribution is -0.121. The minimum atomic E-state index is -0.226. The average Bonchev–Trinajstić information content (AvgIpc) is 2.98. The Kier molecular flexibility index (Phi) is 1.86. The third-order valence-electron chi connectivity index (χ3n) is 6.36. The van der Waals surface area contributed by atoms with Crippen molar-refractivity contribution in [3.8, 4) is 0 Å². The van der Waals surface area contributed by atoms with Crippen molar-refractivity contribution in [3.63, 3.8) is 0 Å². The average molecular weight is 270 g/mol. The van der Waals surface area contributed by atoms with Gasteiger partial charge in [0.15, 0.2) is 0 Å². The van der Waals surface area contributed by atoms with Gasteiger partial charge in [0.1, 0.15) is 0 Å². The molecule has 4 aliphatic carbocycles. The van der Waals surface area contributed by atoms with Gasteiger partial charge in [-0.1, -0.05) is 12.2 Å². The van der Waals surface area contributed by atoms with Gasteiger partial charge in [0, 0.05) is 24.1 Å². The summed E-state index contributed by atoms with van der Waals surface area (Å²) in [7, 11) is 0. The molecule has 1 spiro atoms. The second-order valence-electron chi connectivity index (χ2n) is 6.95. The Morgan fingerprint density at radius 1 is 1.20 bits per heavy atom. The van der Waals surface area contributed by atoms with Gasteiger partial charge >= 0.3 is 6.03 Å². The van der Waals surface area contributed by atoms with Gasteiger partial charge in [-0.2, -0.15) is 0 Å². The highest BCUT2D eigenvalue weighted by Crippen LogP contribution is 2.77. The van der Waals surface area contributed by atoms with Gasteiger partial charge in [-0.25, -0.2) is 4.79 Å². The fourth-order valence-electron chi connectivity index (χ4n) is 5.42. The Labute approximate surface area is 117 Å². The molecule has 1 N–H and O–H groups in total. The molecule has 20 heavy (non-hydrogen) atoms. The Morgan fingerprint density at radius 2 is 2.10 bits per heavy atom. The molecule has 0 bridgehead atoms. The van der Waals surface area contributed by atoms with Crippen LogP contribution in [0.5, 0.6) is 0 Å². The number of amides is 3. The van der Waals surface area contributed by atoms with Crippen molar-refractivity contribution in [2.24, 2.45) is 29.1 Å². The van der Waals surface area contributed by atoms with Gasteiger partial charge in [-0.3, -0.25) is 15.0 Å². The molecule has 0 radical (unpaired) electrons. The molecular formula is C16H18N2O2. The predicted octanol–water partition coefficient (Wildman–Crippen LogP) is 2.04. The third kappa shape index (κ3) is 1.11. The summed E-state index contributed by atoms with van der Waals surface area (Å²) in [5, 5.41) is 2.46. The lowest BCUT2D eigenvalue weighted by atomic mass is 9.61. The minimum Gasteiger partial charge on any atom is -0.296 e. The molecule has 0 aromatic heterocycles. The number of carbonyl (C=O) groups is 2. The number of imide groups is 1. The monoisotopic (exact) mass is 270 g/mol. The molecule has 104 valence electrons. The normalized spacial score (nSPS) is 47.8. The summed E-state index contributed by atoms with van der Waals surface area (Å²) in [6.07, 6.45) is 11.0. The second kappa shape index (κ2) is 3.35. The van der Waals surface area contributed by atoms with Crippen molar-refractivity contribution < 1.29 is 9.59 Å². The summed E-state index contributed by atoms with van der Waals surface area (Å²) in [6.45, 7) is 0.536. The van der Waals surface area contributed by atoms with E-state index in [0.717, 1.165) is 23.7 Å². The number of hydrogen-bond acceptors (Lipinski definition) is 2. The van der Waals surface area contributed by atoms with Gasteiger partial charge in [0.25, 0.3) is 0 Å². The van der Waals surface area contributed by atoms with Crippen LogP contribution < -0.4 is 5.32 Å². The van der Waals surface area contributed by atoms with Crippen LogP contribution in [0, 0.1) is 29.1 Å². The van der Waals surface area contributed by atoms with E-state index < -0.39 is 0 Å². The molecule has 4 fully saturated rings. The van der Waals surface area contributed by atoms with E-state index in [0.29, 0.717) is 13.0 Å². The van der Waals surface area contributed by atoms with Crippen molar-refractivity contribution in [1.29, 1.82) is 0 Å². The first-order valence-electron chi connectivity index (χ1n) is 7.73.